The molecular formula is C20H28N4O5S2. The van der Waals surface area contributed by atoms with Crippen LogP contribution in [-0.4, -0.2) is 65.1 Å². The standard InChI is InChI=1S/C20H28N4O5S2/c1-5-24(6-2)31(28,29)19-11-7-16(8-12-19)21-15-20(25)22-17-9-13-18(14-10-17)30(26,27)23(3)4/h7-14,21H,5-6,15H2,1-4H3,(H,22,25). The van der Waals surface area contributed by atoms with Gasteiger partial charge in [-0.3, -0.25) is 4.79 Å². The Bertz CT molecular complexity index is 1090. The van der Waals surface area contributed by atoms with E-state index in [0.29, 0.717) is 24.5 Å². The average Bonchev–Trinajstić information content (AvgIpc) is 2.73. The number of hydrogen-bond donors (Lipinski definition) is 2. The Hall–Kier alpha value is -2.47. The molecule has 1 amide bonds. The highest BCUT2D eigenvalue weighted by Gasteiger charge is 2.21. The molecule has 0 saturated carbocycles. The van der Waals surface area contributed by atoms with E-state index in [-0.39, 0.29) is 22.2 Å². The van der Waals surface area contributed by atoms with Crippen molar-refractivity contribution in [1.29, 1.82) is 0 Å². The third-order valence-corrected chi connectivity index (χ3v) is 8.46. The first-order chi connectivity index (χ1) is 14.5. The van der Waals surface area contributed by atoms with Crippen molar-refractivity contribution in [3.63, 3.8) is 0 Å². The molecule has 0 aliphatic rings. The summed E-state index contributed by atoms with van der Waals surface area (Å²) in [5.41, 5.74) is 1.06. The smallest absolute Gasteiger partial charge is 0.243 e. The molecule has 31 heavy (non-hydrogen) atoms. The van der Waals surface area contributed by atoms with Gasteiger partial charge in [-0.2, -0.15) is 4.31 Å². The van der Waals surface area contributed by atoms with Crippen molar-refractivity contribution in [2.75, 3.05) is 44.4 Å². The predicted molar refractivity (Wildman–Crippen MR) is 121 cm³/mol. The van der Waals surface area contributed by atoms with E-state index in [4.69, 9.17) is 0 Å². The van der Waals surface area contributed by atoms with Crippen LogP contribution in [-0.2, 0) is 24.8 Å². The fourth-order valence-electron chi connectivity index (χ4n) is 2.77. The summed E-state index contributed by atoms with van der Waals surface area (Å²) in [6.45, 7) is 4.30. The monoisotopic (exact) mass is 468 g/mol. The summed E-state index contributed by atoms with van der Waals surface area (Å²) in [5.74, 6) is -0.331. The lowest BCUT2D eigenvalue weighted by molar-refractivity contribution is -0.114. The molecule has 9 nitrogen and oxygen atoms in total. The molecule has 0 aliphatic heterocycles. The van der Waals surface area contributed by atoms with Gasteiger partial charge in [-0.25, -0.2) is 21.1 Å². The van der Waals surface area contributed by atoms with Crippen LogP contribution in [0.4, 0.5) is 11.4 Å². The molecule has 0 aliphatic carbocycles. The Morgan fingerprint density at radius 3 is 1.68 bits per heavy atom. The SMILES string of the molecule is CCN(CC)S(=O)(=O)c1ccc(NCC(=O)Nc2ccc(S(=O)(=O)N(C)C)cc2)cc1. The van der Waals surface area contributed by atoms with E-state index >= 15 is 0 Å². The zero-order valence-corrected chi connectivity index (χ0v) is 19.6. The summed E-state index contributed by atoms with van der Waals surface area (Å²) >= 11 is 0. The molecule has 0 radical (unpaired) electrons. The van der Waals surface area contributed by atoms with Crippen molar-refractivity contribution >= 4 is 37.3 Å². The van der Waals surface area contributed by atoms with Crippen LogP contribution in [0.3, 0.4) is 0 Å². The fraction of sp³-hybridized carbons (Fsp3) is 0.350. The van der Waals surface area contributed by atoms with Gasteiger partial charge in [-0.15, -0.1) is 0 Å². The Balaban J connectivity index is 1.96. The van der Waals surface area contributed by atoms with E-state index in [1.54, 1.807) is 26.0 Å². The first-order valence-electron chi connectivity index (χ1n) is 9.69. The van der Waals surface area contributed by atoms with Gasteiger partial charge in [0, 0.05) is 38.6 Å². The summed E-state index contributed by atoms with van der Waals surface area (Å²) in [7, 11) is -4.16. The van der Waals surface area contributed by atoms with Gasteiger partial charge in [0.15, 0.2) is 0 Å². The molecule has 0 fully saturated rings. The summed E-state index contributed by atoms with van der Waals surface area (Å²) in [6.07, 6.45) is 0. The molecule has 0 bridgehead atoms. The number of rotatable bonds is 10. The number of carbonyl (C=O) groups is 1. The van der Waals surface area contributed by atoms with Gasteiger partial charge < -0.3 is 10.6 Å². The Labute approximate surface area is 184 Å². The van der Waals surface area contributed by atoms with Crippen molar-refractivity contribution in [3.05, 3.63) is 48.5 Å². The van der Waals surface area contributed by atoms with Gasteiger partial charge in [0.25, 0.3) is 0 Å². The highest BCUT2D eigenvalue weighted by molar-refractivity contribution is 7.89. The van der Waals surface area contributed by atoms with Crippen LogP contribution >= 0.6 is 0 Å². The van der Waals surface area contributed by atoms with E-state index in [9.17, 15) is 21.6 Å². The average molecular weight is 469 g/mol. The maximum absolute atomic E-state index is 12.5. The molecule has 0 saturated heterocycles. The number of sulfonamides is 2. The predicted octanol–water partition coefficient (Wildman–Crippen LogP) is 2.02. The normalized spacial score (nSPS) is 12.2. The van der Waals surface area contributed by atoms with Gasteiger partial charge in [0.05, 0.1) is 16.3 Å². The number of anilines is 2. The van der Waals surface area contributed by atoms with Crippen LogP contribution in [0.1, 0.15) is 13.8 Å². The van der Waals surface area contributed by atoms with Crippen molar-refractivity contribution in [2.24, 2.45) is 0 Å². The molecule has 11 heteroatoms. The van der Waals surface area contributed by atoms with E-state index in [2.05, 4.69) is 10.6 Å². The quantitative estimate of drug-likeness (QED) is 0.551. The zero-order valence-electron chi connectivity index (χ0n) is 18.0. The van der Waals surface area contributed by atoms with Crippen LogP contribution in [0.25, 0.3) is 0 Å². The maximum atomic E-state index is 12.5. The van der Waals surface area contributed by atoms with E-state index in [1.165, 1.54) is 54.8 Å². The molecule has 0 heterocycles. The summed E-state index contributed by atoms with van der Waals surface area (Å²) in [5, 5.41) is 5.60. The molecule has 2 rings (SSSR count). The number of carbonyl (C=O) groups excluding carboxylic acids is 1. The minimum atomic E-state index is -3.53. The number of hydrogen-bond acceptors (Lipinski definition) is 6. The van der Waals surface area contributed by atoms with Gasteiger partial charge in [0.1, 0.15) is 0 Å². The van der Waals surface area contributed by atoms with Gasteiger partial charge in [0.2, 0.25) is 26.0 Å². The lowest BCUT2D eigenvalue weighted by Gasteiger charge is -2.18. The number of nitrogens with one attached hydrogen (secondary N) is 2. The van der Waals surface area contributed by atoms with Gasteiger partial charge in [-0.1, -0.05) is 13.8 Å². The second-order valence-corrected chi connectivity index (χ2v) is 10.9. The topological polar surface area (TPSA) is 116 Å². The molecule has 0 spiro atoms. The summed E-state index contributed by atoms with van der Waals surface area (Å²) in [6, 6.07) is 12.1. The number of benzene rings is 2. The largest absolute Gasteiger partial charge is 0.376 e. The van der Waals surface area contributed by atoms with E-state index in [1.807, 2.05) is 0 Å². The summed E-state index contributed by atoms with van der Waals surface area (Å²) < 4.78 is 51.6. The highest BCUT2D eigenvalue weighted by Crippen LogP contribution is 2.19. The Morgan fingerprint density at radius 2 is 1.23 bits per heavy atom. The second kappa shape index (κ2) is 10.2. The molecule has 2 aromatic rings. The van der Waals surface area contributed by atoms with E-state index in [0.717, 1.165) is 4.31 Å². The summed E-state index contributed by atoms with van der Waals surface area (Å²) in [4.78, 5) is 12.5. The van der Waals surface area contributed by atoms with Crippen molar-refractivity contribution in [3.8, 4) is 0 Å². The van der Waals surface area contributed by atoms with Crippen LogP contribution in [0, 0.1) is 0 Å². The lowest BCUT2D eigenvalue weighted by Crippen LogP contribution is -2.30. The van der Waals surface area contributed by atoms with Crippen LogP contribution < -0.4 is 10.6 Å². The van der Waals surface area contributed by atoms with Crippen LogP contribution in [0.5, 0.6) is 0 Å². The fourth-order valence-corrected chi connectivity index (χ4v) is 5.13. The molecule has 0 atom stereocenters. The Morgan fingerprint density at radius 1 is 0.774 bits per heavy atom. The zero-order chi connectivity index (χ0) is 23.2. The third-order valence-electron chi connectivity index (χ3n) is 4.57. The molecular weight excluding hydrogens is 440 g/mol. The minimum absolute atomic E-state index is 0.0418. The molecule has 2 N–H and O–H groups in total. The first kappa shape index (κ1) is 24.8. The third kappa shape index (κ3) is 6.03. The van der Waals surface area contributed by atoms with Crippen molar-refractivity contribution in [2.45, 2.75) is 23.6 Å². The lowest BCUT2D eigenvalue weighted by atomic mass is 10.3. The van der Waals surface area contributed by atoms with Crippen molar-refractivity contribution < 1.29 is 21.6 Å². The number of nitrogens with zero attached hydrogens (tertiary/aromatic N) is 2. The maximum Gasteiger partial charge on any atom is 0.243 e. The molecule has 2 aromatic carbocycles. The van der Waals surface area contributed by atoms with E-state index < -0.39 is 20.0 Å². The van der Waals surface area contributed by atoms with Gasteiger partial charge >= 0.3 is 0 Å². The van der Waals surface area contributed by atoms with Gasteiger partial charge in [-0.05, 0) is 48.5 Å². The Kier molecular flexibility index (Phi) is 8.18. The minimum Gasteiger partial charge on any atom is -0.376 e. The highest BCUT2D eigenvalue weighted by atomic mass is 32.2. The van der Waals surface area contributed by atoms with Crippen LogP contribution in [0.15, 0.2) is 58.3 Å². The number of amides is 1. The molecule has 170 valence electrons. The van der Waals surface area contributed by atoms with Crippen molar-refractivity contribution in [1.82, 2.24) is 8.61 Å². The molecule has 0 aromatic heterocycles. The first-order valence-corrected chi connectivity index (χ1v) is 12.6. The molecule has 0 unspecified atom stereocenters. The van der Waals surface area contributed by atoms with Crippen LogP contribution in [0.2, 0.25) is 0 Å². The second-order valence-electron chi connectivity index (χ2n) is 6.83.